The van der Waals surface area contributed by atoms with Gasteiger partial charge in [0.05, 0.1) is 22.8 Å². The molecule has 0 bridgehead atoms. The summed E-state index contributed by atoms with van der Waals surface area (Å²) < 4.78 is 46.2. The number of nitrogens with one attached hydrogen (secondary N) is 1. The van der Waals surface area contributed by atoms with E-state index in [2.05, 4.69) is 34.3 Å². The van der Waals surface area contributed by atoms with Gasteiger partial charge in [-0.25, -0.2) is 22.8 Å². The van der Waals surface area contributed by atoms with Gasteiger partial charge in [-0.3, -0.25) is 0 Å². The molecule has 0 spiro atoms. The zero-order valence-corrected chi connectivity index (χ0v) is 23.3. The first-order chi connectivity index (χ1) is 18.2. The summed E-state index contributed by atoms with van der Waals surface area (Å²) in [5, 5.41) is 3.51. The number of halogens is 2. The van der Waals surface area contributed by atoms with Crippen LogP contribution in [0.25, 0.3) is 12.2 Å². The number of anilines is 1. The predicted octanol–water partition coefficient (Wildman–Crippen LogP) is 5.71. The predicted molar refractivity (Wildman–Crippen MR) is 150 cm³/mol. The van der Waals surface area contributed by atoms with E-state index >= 15 is 4.39 Å². The largest absolute Gasteiger partial charge is 0.493 e. The second kappa shape index (κ2) is 12.2. The normalized spacial score (nSPS) is 18.2. The fourth-order valence-electron chi connectivity index (χ4n) is 4.65. The van der Waals surface area contributed by atoms with E-state index < -0.39 is 21.4 Å². The lowest BCUT2D eigenvalue weighted by atomic mass is 9.91. The number of methoxy groups -OCH3 is 1. The molecule has 3 aromatic rings. The van der Waals surface area contributed by atoms with Crippen molar-refractivity contribution in [1.82, 2.24) is 14.9 Å². The van der Waals surface area contributed by atoms with Crippen molar-refractivity contribution in [3.8, 4) is 5.75 Å². The lowest BCUT2D eigenvalue weighted by Crippen LogP contribution is -2.36. The van der Waals surface area contributed by atoms with Crippen LogP contribution in [-0.2, 0) is 15.6 Å². The maximum atomic E-state index is 15.3. The zero-order chi connectivity index (χ0) is 27.3. The fourth-order valence-corrected chi connectivity index (χ4v) is 6.57. The minimum absolute atomic E-state index is 0.00250. The molecule has 1 aromatic heterocycles. The molecule has 10 heteroatoms. The Balaban J connectivity index is 1.44. The average molecular weight is 559 g/mol. The van der Waals surface area contributed by atoms with E-state index in [9.17, 15) is 8.42 Å². The smallest absolute Gasteiger partial charge is 0.222 e. The van der Waals surface area contributed by atoms with Gasteiger partial charge < -0.3 is 15.0 Å². The summed E-state index contributed by atoms with van der Waals surface area (Å²) >= 11 is 6.05. The standard InChI is InChI=1S/C28H32ClFN4O3S/c1-34(2)23-14-12-22(13-15-23)33-28-31-16-19(17-32-28)8-9-20-10-11-21(26(30)27(20)37-3)18-38(35,36)25-7-5-4-6-24(25)29/h4-11,16-17,22-23H,12-15,18H2,1-3H3,(H,31,32,33)/b9-8+. The molecule has 1 N–H and O–H groups in total. The highest BCUT2D eigenvalue weighted by Crippen LogP contribution is 2.31. The molecular weight excluding hydrogens is 527 g/mol. The summed E-state index contributed by atoms with van der Waals surface area (Å²) in [6.45, 7) is 0. The highest BCUT2D eigenvalue weighted by Gasteiger charge is 2.24. The van der Waals surface area contributed by atoms with Gasteiger partial charge in [0.2, 0.25) is 5.95 Å². The van der Waals surface area contributed by atoms with Gasteiger partial charge in [-0.05, 0) is 51.9 Å². The van der Waals surface area contributed by atoms with Crippen LogP contribution in [0.1, 0.15) is 42.4 Å². The zero-order valence-electron chi connectivity index (χ0n) is 21.7. The maximum Gasteiger partial charge on any atom is 0.222 e. The summed E-state index contributed by atoms with van der Waals surface area (Å²) in [6.07, 6.45) is 11.3. The van der Waals surface area contributed by atoms with Crippen LogP contribution in [0.4, 0.5) is 10.3 Å². The van der Waals surface area contributed by atoms with Gasteiger partial charge in [0.1, 0.15) is 0 Å². The fraction of sp³-hybridized carbons (Fsp3) is 0.357. The third kappa shape index (κ3) is 6.70. The van der Waals surface area contributed by atoms with Gasteiger partial charge in [-0.1, -0.05) is 48.0 Å². The molecule has 4 rings (SSSR count). The molecule has 2 aromatic carbocycles. The molecule has 38 heavy (non-hydrogen) atoms. The molecule has 1 heterocycles. The first kappa shape index (κ1) is 28.0. The van der Waals surface area contributed by atoms with Crippen LogP contribution in [0, 0.1) is 5.82 Å². The van der Waals surface area contributed by atoms with E-state index in [4.69, 9.17) is 16.3 Å². The lowest BCUT2D eigenvalue weighted by Gasteiger charge is -2.32. The Labute approximate surface area is 228 Å². The second-order valence-corrected chi connectivity index (χ2v) is 12.0. The van der Waals surface area contributed by atoms with Crippen molar-refractivity contribution < 1.29 is 17.5 Å². The van der Waals surface area contributed by atoms with E-state index in [1.54, 1.807) is 42.7 Å². The van der Waals surface area contributed by atoms with Gasteiger partial charge >= 0.3 is 0 Å². The summed E-state index contributed by atoms with van der Waals surface area (Å²) in [5.74, 6) is -0.726. The van der Waals surface area contributed by atoms with Crippen LogP contribution < -0.4 is 10.1 Å². The number of hydrogen-bond donors (Lipinski definition) is 1. The van der Waals surface area contributed by atoms with Crippen molar-refractivity contribution in [2.24, 2.45) is 0 Å². The highest BCUT2D eigenvalue weighted by molar-refractivity contribution is 7.90. The third-order valence-electron chi connectivity index (χ3n) is 6.82. The van der Waals surface area contributed by atoms with Crippen LogP contribution in [0.3, 0.4) is 0 Å². The Bertz CT molecular complexity index is 1390. The van der Waals surface area contributed by atoms with Gasteiger partial charge in [-0.2, -0.15) is 0 Å². The van der Waals surface area contributed by atoms with Crippen molar-refractivity contribution in [2.75, 3.05) is 26.5 Å². The molecule has 0 amide bonds. The Hall–Kier alpha value is -3.01. The molecule has 0 aliphatic heterocycles. The molecule has 1 aliphatic rings. The molecule has 0 saturated heterocycles. The van der Waals surface area contributed by atoms with Crippen molar-refractivity contribution >= 4 is 39.5 Å². The van der Waals surface area contributed by atoms with E-state index in [1.165, 1.54) is 25.3 Å². The molecule has 0 atom stereocenters. The summed E-state index contributed by atoms with van der Waals surface area (Å²) in [4.78, 5) is 11.1. The number of benzene rings is 2. The van der Waals surface area contributed by atoms with E-state index in [-0.39, 0.29) is 21.2 Å². The van der Waals surface area contributed by atoms with Crippen LogP contribution in [-0.4, -0.2) is 56.6 Å². The van der Waals surface area contributed by atoms with Crippen molar-refractivity contribution in [3.63, 3.8) is 0 Å². The maximum absolute atomic E-state index is 15.3. The molecule has 1 aliphatic carbocycles. The average Bonchev–Trinajstić information content (AvgIpc) is 2.90. The van der Waals surface area contributed by atoms with Crippen LogP contribution >= 0.6 is 11.6 Å². The summed E-state index contributed by atoms with van der Waals surface area (Å²) in [6, 6.07) is 10.2. The van der Waals surface area contributed by atoms with Gasteiger partial charge in [0, 0.05) is 41.2 Å². The van der Waals surface area contributed by atoms with Crippen molar-refractivity contribution in [1.29, 1.82) is 0 Å². The summed E-state index contributed by atoms with van der Waals surface area (Å²) in [5.41, 5.74) is 1.20. The third-order valence-corrected chi connectivity index (χ3v) is 8.98. The van der Waals surface area contributed by atoms with Gasteiger partial charge in [0.25, 0.3) is 0 Å². The van der Waals surface area contributed by atoms with Crippen molar-refractivity contribution in [2.45, 2.75) is 48.4 Å². The highest BCUT2D eigenvalue weighted by atomic mass is 35.5. The summed E-state index contributed by atoms with van der Waals surface area (Å²) in [7, 11) is 1.74. The Morgan fingerprint density at radius 2 is 1.76 bits per heavy atom. The first-order valence-electron chi connectivity index (χ1n) is 12.4. The van der Waals surface area contributed by atoms with Gasteiger partial charge in [-0.15, -0.1) is 0 Å². The van der Waals surface area contributed by atoms with Crippen LogP contribution in [0.5, 0.6) is 5.75 Å². The molecular formula is C28H32ClFN4O3S. The van der Waals surface area contributed by atoms with Crippen LogP contribution in [0.2, 0.25) is 5.02 Å². The van der Waals surface area contributed by atoms with E-state index in [0.717, 1.165) is 31.2 Å². The van der Waals surface area contributed by atoms with Gasteiger partial charge in [0.15, 0.2) is 21.4 Å². The number of aromatic nitrogens is 2. The number of ether oxygens (including phenoxy) is 1. The number of sulfone groups is 1. The Kier molecular flexibility index (Phi) is 9.02. The van der Waals surface area contributed by atoms with Crippen molar-refractivity contribution in [3.05, 3.63) is 76.3 Å². The quantitative estimate of drug-likeness (QED) is 0.360. The molecule has 202 valence electrons. The molecule has 1 fully saturated rings. The molecule has 0 unspecified atom stereocenters. The molecule has 1 saturated carbocycles. The topological polar surface area (TPSA) is 84.4 Å². The lowest BCUT2D eigenvalue weighted by molar-refractivity contribution is 0.221. The van der Waals surface area contributed by atoms with E-state index in [1.807, 2.05) is 0 Å². The Morgan fingerprint density at radius 3 is 2.39 bits per heavy atom. The molecule has 7 nitrogen and oxygen atoms in total. The minimum Gasteiger partial charge on any atom is -0.493 e. The number of nitrogens with zero attached hydrogens (tertiary/aromatic N) is 3. The monoisotopic (exact) mass is 558 g/mol. The second-order valence-electron chi connectivity index (χ2n) is 9.64. The SMILES string of the molecule is COc1c(/C=C/c2cnc(NC3CCC(N(C)C)CC3)nc2)ccc(CS(=O)(=O)c2ccccc2Cl)c1F. The number of hydrogen-bond acceptors (Lipinski definition) is 7. The first-order valence-corrected chi connectivity index (χ1v) is 14.5. The minimum atomic E-state index is -3.85. The molecule has 0 radical (unpaired) electrons. The number of rotatable bonds is 9. The van der Waals surface area contributed by atoms with E-state index in [0.29, 0.717) is 23.6 Å². The van der Waals surface area contributed by atoms with Crippen LogP contribution in [0.15, 0.2) is 53.7 Å². The Morgan fingerprint density at radius 1 is 1.08 bits per heavy atom.